The third-order valence-corrected chi connectivity index (χ3v) is 3.77. The Labute approximate surface area is 93.7 Å². The second-order valence-corrected chi connectivity index (χ2v) is 4.72. The Morgan fingerprint density at radius 2 is 2.50 bits per heavy atom. The van der Waals surface area contributed by atoms with Crippen molar-refractivity contribution in [2.24, 2.45) is 16.4 Å². The highest BCUT2D eigenvalue weighted by atomic mass is 16.3. The van der Waals surface area contributed by atoms with Gasteiger partial charge in [-0.1, -0.05) is 6.42 Å². The van der Waals surface area contributed by atoms with Gasteiger partial charge in [-0.25, -0.2) is 5.43 Å². The molecule has 2 aliphatic rings. The predicted molar refractivity (Wildman–Crippen MR) is 58.8 cm³/mol. The van der Waals surface area contributed by atoms with Gasteiger partial charge >= 0.3 is 0 Å². The first-order valence-electron chi connectivity index (χ1n) is 5.67. The van der Waals surface area contributed by atoms with E-state index < -0.39 is 0 Å². The number of hydrogen-bond donors (Lipinski definition) is 1. The zero-order chi connectivity index (χ0) is 11.0. The monoisotopic (exact) mass is 218 g/mol. The fourth-order valence-corrected chi connectivity index (χ4v) is 2.50. The molecule has 1 amide bonds. The zero-order valence-corrected chi connectivity index (χ0v) is 8.98. The number of rotatable bonds is 3. The molecule has 0 aliphatic heterocycles. The summed E-state index contributed by atoms with van der Waals surface area (Å²) >= 11 is 0. The number of nitrogens with zero attached hydrogens (tertiary/aromatic N) is 1. The van der Waals surface area contributed by atoms with Crippen LogP contribution in [0.1, 0.15) is 31.4 Å². The van der Waals surface area contributed by atoms with E-state index in [0.717, 1.165) is 6.42 Å². The van der Waals surface area contributed by atoms with E-state index in [4.69, 9.17) is 4.42 Å². The average Bonchev–Trinajstić information content (AvgIpc) is 2.82. The molecule has 1 aromatic rings. The minimum absolute atomic E-state index is 0.0579. The number of hydrazone groups is 1. The van der Waals surface area contributed by atoms with Crippen LogP contribution in [0.25, 0.3) is 0 Å². The van der Waals surface area contributed by atoms with Gasteiger partial charge in [-0.3, -0.25) is 4.79 Å². The summed E-state index contributed by atoms with van der Waals surface area (Å²) in [4.78, 5) is 11.7. The van der Waals surface area contributed by atoms with Gasteiger partial charge in [0.25, 0.3) is 0 Å². The molecular weight excluding hydrogens is 204 g/mol. The van der Waals surface area contributed by atoms with E-state index in [0.29, 0.717) is 11.2 Å². The van der Waals surface area contributed by atoms with E-state index in [9.17, 15) is 4.79 Å². The maximum Gasteiger partial charge on any atom is 0.243 e. The van der Waals surface area contributed by atoms with Gasteiger partial charge in [-0.05, 0) is 36.8 Å². The maximum absolute atomic E-state index is 11.7. The van der Waals surface area contributed by atoms with Crippen molar-refractivity contribution in [2.45, 2.75) is 25.7 Å². The van der Waals surface area contributed by atoms with Gasteiger partial charge < -0.3 is 4.42 Å². The summed E-state index contributed by atoms with van der Waals surface area (Å²) in [6, 6.07) is 3.58. The lowest BCUT2D eigenvalue weighted by Gasteiger charge is -2.25. The first-order chi connectivity index (χ1) is 7.80. The Kier molecular flexibility index (Phi) is 2.09. The Bertz CT molecular complexity index is 418. The minimum Gasteiger partial charge on any atom is -0.463 e. The SMILES string of the molecule is O=C(N/N=C/c1ccco1)C1CC12CCC2. The smallest absolute Gasteiger partial charge is 0.243 e. The van der Waals surface area contributed by atoms with Crippen molar-refractivity contribution >= 4 is 12.1 Å². The molecule has 84 valence electrons. The van der Waals surface area contributed by atoms with Crippen molar-refractivity contribution in [1.82, 2.24) is 5.43 Å². The van der Waals surface area contributed by atoms with E-state index >= 15 is 0 Å². The van der Waals surface area contributed by atoms with Gasteiger partial charge in [0.15, 0.2) is 0 Å². The molecule has 2 fully saturated rings. The van der Waals surface area contributed by atoms with Crippen LogP contribution in [-0.4, -0.2) is 12.1 Å². The van der Waals surface area contributed by atoms with Crippen molar-refractivity contribution < 1.29 is 9.21 Å². The van der Waals surface area contributed by atoms with E-state index in [1.807, 2.05) is 0 Å². The summed E-state index contributed by atoms with van der Waals surface area (Å²) in [6.45, 7) is 0. The number of nitrogens with one attached hydrogen (secondary N) is 1. The highest BCUT2D eigenvalue weighted by Gasteiger charge is 2.60. The Morgan fingerprint density at radius 1 is 1.62 bits per heavy atom. The third kappa shape index (κ3) is 1.54. The molecule has 3 rings (SSSR count). The van der Waals surface area contributed by atoms with Crippen LogP contribution >= 0.6 is 0 Å². The minimum atomic E-state index is 0.0579. The van der Waals surface area contributed by atoms with Gasteiger partial charge in [-0.2, -0.15) is 5.10 Å². The number of carbonyl (C=O) groups is 1. The van der Waals surface area contributed by atoms with Crippen molar-refractivity contribution in [3.8, 4) is 0 Å². The van der Waals surface area contributed by atoms with Crippen LogP contribution < -0.4 is 5.43 Å². The molecule has 1 unspecified atom stereocenters. The summed E-state index contributed by atoms with van der Waals surface area (Å²) in [5.41, 5.74) is 2.94. The van der Waals surface area contributed by atoms with Crippen LogP contribution in [0.2, 0.25) is 0 Å². The van der Waals surface area contributed by atoms with E-state index in [2.05, 4.69) is 10.5 Å². The first-order valence-corrected chi connectivity index (χ1v) is 5.67. The molecule has 2 aliphatic carbocycles. The van der Waals surface area contributed by atoms with Crippen LogP contribution in [-0.2, 0) is 4.79 Å². The summed E-state index contributed by atoms with van der Waals surface area (Å²) in [6.07, 6.45) is 7.86. The standard InChI is InChI=1S/C12H14N2O2/c15-11(10-7-12(10)4-2-5-12)14-13-8-9-3-1-6-16-9/h1,3,6,8,10H,2,4-5,7H2,(H,14,15)/b13-8+. The lowest BCUT2D eigenvalue weighted by atomic mass is 9.80. The Hall–Kier alpha value is -1.58. The van der Waals surface area contributed by atoms with Gasteiger partial charge in [0, 0.05) is 5.92 Å². The van der Waals surface area contributed by atoms with Crippen LogP contribution in [0, 0.1) is 11.3 Å². The van der Waals surface area contributed by atoms with Crippen molar-refractivity contribution in [2.75, 3.05) is 0 Å². The van der Waals surface area contributed by atoms with Crippen molar-refractivity contribution in [3.05, 3.63) is 24.2 Å². The quantitative estimate of drug-likeness (QED) is 0.622. The van der Waals surface area contributed by atoms with Gasteiger partial charge in [0.2, 0.25) is 5.91 Å². The number of amides is 1. The molecule has 1 aromatic heterocycles. The summed E-state index contributed by atoms with van der Waals surface area (Å²) < 4.78 is 5.06. The summed E-state index contributed by atoms with van der Waals surface area (Å²) in [7, 11) is 0. The lowest BCUT2D eigenvalue weighted by molar-refractivity contribution is -0.123. The normalized spacial score (nSPS) is 25.6. The van der Waals surface area contributed by atoms with Crippen LogP contribution in [0.5, 0.6) is 0 Å². The molecule has 1 N–H and O–H groups in total. The molecule has 4 heteroatoms. The fourth-order valence-electron chi connectivity index (χ4n) is 2.50. The van der Waals surface area contributed by atoms with E-state index in [-0.39, 0.29) is 11.8 Å². The van der Waals surface area contributed by atoms with Crippen LogP contribution in [0.3, 0.4) is 0 Å². The molecule has 16 heavy (non-hydrogen) atoms. The van der Waals surface area contributed by atoms with E-state index in [1.165, 1.54) is 25.5 Å². The Balaban J connectivity index is 1.51. The summed E-state index contributed by atoms with van der Waals surface area (Å²) in [5, 5.41) is 3.88. The highest BCUT2D eigenvalue weighted by molar-refractivity contribution is 5.84. The van der Waals surface area contributed by atoms with E-state index in [1.54, 1.807) is 18.4 Å². The molecule has 0 aromatic carbocycles. The van der Waals surface area contributed by atoms with Gasteiger partial charge in [0.1, 0.15) is 5.76 Å². The molecule has 2 saturated carbocycles. The first kappa shape index (κ1) is 9.63. The molecular formula is C12H14N2O2. The Morgan fingerprint density at radius 3 is 3.06 bits per heavy atom. The molecule has 0 radical (unpaired) electrons. The molecule has 0 saturated heterocycles. The van der Waals surface area contributed by atoms with Crippen molar-refractivity contribution in [3.63, 3.8) is 0 Å². The van der Waals surface area contributed by atoms with Crippen LogP contribution in [0.4, 0.5) is 0 Å². The largest absolute Gasteiger partial charge is 0.463 e. The lowest BCUT2D eigenvalue weighted by Crippen LogP contribution is -2.26. The van der Waals surface area contributed by atoms with Crippen molar-refractivity contribution in [1.29, 1.82) is 0 Å². The third-order valence-electron chi connectivity index (χ3n) is 3.77. The topological polar surface area (TPSA) is 54.6 Å². The number of hydrogen-bond acceptors (Lipinski definition) is 3. The summed E-state index contributed by atoms with van der Waals surface area (Å²) in [5.74, 6) is 0.909. The molecule has 1 atom stereocenters. The average molecular weight is 218 g/mol. The van der Waals surface area contributed by atoms with Gasteiger partial charge in [0.05, 0.1) is 12.5 Å². The number of carbonyl (C=O) groups excluding carboxylic acids is 1. The van der Waals surface area contributed by atoms with Gasteiger partial charge in [-0.15, -0.1) is 0 Å². The molecule has 0 bridgehead atoms. The molecule has 4 nitrogen and oxygen atoms in total. The predicted octanol–water partition coefficient (Wildman–Crippen LogP) is 1.92. The second kappa shape index (κ2) is 3.47. The second-order valence-electron chi connectivity index (χ2n) is 4.72. The maximum atomic E-state index is 11.7. The number of furan rings is 1. The molecule has 1 spiro atoms. The zero-order valence-electron chi connectivity index (χ0n) is 8.98. The highest BCUT2D eigenvalue weighted by Crippen LogP contribution is 2.65. The fraction of sp³-hybridized carbons (Fsp3) is 0.500. The van der Waals surface area contributed by atoms with Crippen LogP contribution in [0.15, 0.2) is 27.9 Å². The molecule has 1 heterocycles.